The topological polar surface area (TPSA) is 78.0 Å². The number of carbonyl (C=O) groups is 2. The van der Waals surface area contributed by atoms with Gasteiger partial charge in [0.15, 0.2) is 0 Å². The van der Waals surface area contributed by atoms with Gasteiger partial charge in [-0.2, -0.15) is 0 Å². The first kappa shape index (κ1) is 27.9. The first-order valence-corrected chi connectivity index (χ1v) is 14.0. The van der Waals surface area contributed by atoms with Crippen molar-refractivity contribution in [3.63, 3.8) is 0 Å². The summed E-state index contributed by atoms with van der Waals surface area (Å²) in [7, 11) is 1.60. The third kappa shape index (κ3) is 7.03. The number of benzene rings is 2. The fourth-order valence-corrected chi connectivity index (χ4v) is 5.31. The van der Waals surface area contributed by atoms with Crippen LogP contribution in [-0.4, -0.2) is 73.2 Å². The molecule has 3 aromatic rings. The number of amides is 3. The molecule has 0 aliphatic carbocycles. The predicted molar refractivity (Wildman–Crippen MR) is 154 cm³/mol. The number of hydrogen-bond donors (Lipinski definition) is 1. The number of methoxy groups -OCH3 is 1. The molecule has 38 heavy (non-hydrogen) atoms. The highest BCUT2D eigenvalue weighted by atomic mass is 35.5. The molecule has 4 rings (SSSR count). The third-order valence-corrected chi connectivity index (χ3v) is 7.69. The Labute approximate surface area is 233 Å². The van der Waals surface area contributed by atoms with Gasteiger partial charge in [-0.25, -0.2) is 9.78 Å². The summed E-state index contributed by atoms with van der Waals surface area (Å²) in [4.78, 5) is 36.4. The molecule has 1 aliphatic rings. The number of halogens is 1. The summed E-state index contributed by atoms with van der Waals surface area (Å²) in [5.41, 5.74) is 3.34. The van der Waals surface area contributed by atoms with Crippen LogP contribution in [0.3, 0.4) is 0 Å². The standard InChI is InChI=1S/C28H34ClN5O3S/c1-20(2)21-8-10-22(11-9-21)30-28(36)34(16-17-37-3)18-26-31-24(19-38-26)27(35)33-14-12-32(13-15-33)25-7-5-4-6-23(25)29/h4-11,19-20H,12-18H2,1-3H3,(H,30,36). The fraction of sp³-hybridized carbons (Fsp3) is 0.393. The third-order valence-electron chi connectivity index (χ3n) is 6.54. The summed E-state index contributed by atoms with van der Waals surface area (Å²) in [5, 5.41) is 6.14. The van der Waals surface area contributed by atoms with E-state index >= 15 is 0 Å². The SMILES string of the molecule is COCCN(Cc1nc(C(=O)N2CCN(c3ccccc3Cl)CC2)cs1)C(=O)Nc1ccc(C(C)C)cc1. The number of rotatable bonds is 9. The maximum Gasteiger partial charge on any atom is 0.322 e. The Kier molecular flexibility index (Phi) is 9.60. The molecule has 202 valence electrons. The summed E-state index contributed by atoms with van der Waals surface area (Å²) in [6.07, 6.45) is 0. The number of urea groups is 1. The molecule has 0 spiro atoms. The molecule has 0 unspecified atom stereocenters. The summed E-state index contributed by atoms with van der Waals surface area (Å²) in [5.74, 6) is 0.329. The van der Waals surface area contributed by atoms with Crippen molar-refractivity contribution in [3.8, 4) is 0 Å². The van der Waals surface area contributed by atoms with E-state index in [0.717, 1.165) is 11.4 Å². The minimum absolute atomic E-state index is 0.0931. The van der Waals surface area contributed by atoms with E-state index in [1.807, 2.05) is 53.4 Å². The van der Waals surface area contributed by atoms with Gasteiger partial charge >= 0.3 is 6.03 Å². The molecule has 1 aromatic heterocycles. The van der Waals surface area contributed by atoms with Gasteiger partial charge < -0.3 is 24.8 Å². The quantitative estimate of drug-likeness (QED) is 0.374. The molecule has 8 nitrogen and oxygen atoms in total. The lowest BCUT2D eigenvalue weighted by atomic mass is 10.0. The van der Waals surface area contributed by atoms with Crippen LogP contribution in [0.25, 0.3) is 0 Å². The van der Waals surface area contributed by atoms with E-state index in [2.05, 4.69) is 29.0 Å². The Bertz CT molecular complexity index is 1230. The minimum atomic E-state index is -0.238. The van der Waals surface area contributed by atoms with Crippen molar-refractivity contribution in [2.24, 2.45) is 0 Å². The number of ether oxygens (including phenoxy) is 1. The number of carbonyl (C=O) groups excluding carboxylic acids is 2. The number of aromatic nitrogens is 1. The van der Waals surface area contributed by atoms with Gasteiger partial charge in [-0.15, -0.1) is 11.3 Å². The lowest BCUT2D eigenvalue weighted by molar-refractivity contribution is 0.0741. The smallest absolute Gasteiger partial charge is 0.322 e. The summed E-state index contributed by atoms with van der Waals surface area (Å²) < 4.78 is 5.21. The lowest BCUT2D eigenvalue weighted by Crippen LogP contribution is -2.49. The van der Waals surface area contributed by atoms with Gasteiger partial charge in [0.25, 0.3) is 5.91 Å². The normalized spacial score (nSPS) is 13.6. The Morgan fingerprint density at radius 1 is 1.11 bits per heavy atom. The van der Waals surface area contributed by atoms with Gasteiger partial charge in [0.1, 0.15) is 10.7 Å². The van der Waals surface area contributed by atoms with Crippen molar-refractivity contribution in [2.75, 3.05) is 56.7 Å². The van der Waals surface area contributed by atoms with Gasteiger partial charge in [0.2, 0.25) is 0 Å². The minimum Gasteiger partial charge on any atom is -0.383 e. The Hall–Kier alpha value is -3.14. The van der Waals surface area contributed by atoms with Crippen LogP contribution in [0.2, 0.25) is 5.02 Å². The molecule has 0 bridgehead atoms. The first-order chi connectivity index (χ1) is 18.4. The van der Waals surface area contributed by atoms with Crippen molar-refractivity contribution < 1.29 is 14.3 Å². The van der Waals surface area contributed by atoms with Crippen molar-refractivity contribution in [3.05, 3.63) is 75.2 Å². The highest BCUT2D eigenvalue weighted by Crippen LogP contribution is 2.26. The van der Waals surface area contributed by atoms with Gasteiger partial charge in [0.05, 0.1) is 23.9 Å². The van der Waals surface area contributed by atoms with Crippen molar-refractivity contribution in [1.29, 1.82) is 0 Å². The molecule has 0 radical (unpaired) electrons. The molecule has 2 heterocycles. The van der Waals surface area contributed by atoms with E-state index < -0.39 is 0 Å². The Morgan fingerprint density at radius 2 is 1.82 bits per heavy atom. The second-order valence-corrected chi connectivity index (χ2v) is 10.8. The van der Waals surface area contributed by atoms with Crippen LogP contribution < -0.4 is 10.2 Å². The van der Waals surface area contributed by atoms with E-state index in [9.17, 15) is 9.59 Å². The average Bonchev–Trinajstić information content (AvgIpc) is 3.40. The average molecular weight is 556 g/mol. The van der Waals surface area contributed by atoms with E-state index in [4.69, 9.17) is 16.3 Å². The molecule has 1 aliphatic heterocycles. The number of nitrogens with zero attached hydrogens (tertiary/aromatic N) is 4. The van der Waals surface area contributed by atoms with Crippen LogP contribution in [0.5, 0.6) is 0 Å². The lowest BCUT2D eigenvalue weighted by Gasteiger charge is -2.36. The monoisotopic (exact) mass is 555 g/mol. The van der Waals surface area contributed by atoms with E-state index in [1.165, 1.54) is 16.9 Å². The molecular weight excluding hydrogens is 522 g/mol. The summed E-state index contributed by atoms with van der Waals surface area (Å²) in [6, 6.07) is 15.4. The van der Waals surface area contributed by atoms with Crippen LogP contribution in [0.4, 0.5) is 16.2 Å². The van der Waals surface area contributed by atoms with Crippen LogP contribution in [0, 0.1) is 0 Å². The summed E-state index contributed by atoms with van der Waals surface area (Å²) >= 11 is 7.73. The largest absolute Gasteiger partial charge is 0.383 e. The van der Waals surface area contributed by atoms with E-state index in [1.54, 1.807) is 17.4 Å². The van der Waals surface area contributed by atoms with E-state index in [0.29, 0.717) is 61.0 Å². The predicted octanol–water partition coefficient (Wildman–Crippen LogP) is 5.56. The maximum atomic E-state index is 13.1. The summed E-state index contributed by atoms with van der Waals surface area (Å²) in [6.45, 7) is 7.94. The van der Waals surface area contributed by atoms with Gasteiger partial charge in [-0.1, -0.05) is 49.7 Å². The second kappa shape index (κ2) is 13.1. The van der Waals surface area contributed by atoms with E-state index in [-0.39, 0.29) is 18.5 Å². The molecule has 1 saturated heterocycles. The zero-order valence-corrected chi connectivity index (χ0v) is 23.6. The molecule has 3 amide bonds. The molecule has 1 fully saturated rings. The van der Waals surface area contributed by atoms with Crippen molar-refractivity contribution in [2.45, 2.75) is 26.3 Å². The molecule has 1 N–H and O–H groups in total. The number of anilines is 2. The number of nitrogens with one attached hydrogen (secondary N) is 1. The number of para-hydroxylation sites is 1. The van der Waals surface area contributed by atoms with Gasteiger partial charge in [0, 0.05) is 50.9 Å². The maximum absolute atomic E-state index is 13.1. The Balaban J connectivity index is 1.35. The first-order valence-electron chi connectivity index (χ1n) is 12.7. The molecule has 0 atom stereocenters. The second-order valence-electron chi connectivity index (χ2n) is 9.48. The molecular formula is C28H34ClN5O3S. The number of thiazole rings is 1. The van der Waals surface area contributed by atoms with Crippen molar-refractivity contribution in [1.82, 2.24) is 14.8 Å². The molecule has 0 saturated carbocycles. The highest BCUT2D eigenvalue weighted by Gasteiger charge is 2.25. The highest BCUT2D eigenvalue weighted by molar-refractivity contribution is 7.09. The molecule has 2 aromatic carbocycles. The fourth-order valence-electron chi connectivity index (χ4n) is 4.27. The number of hydrogen-bond acceptors (Lipinski definition) is 6. The zero-order valence-electron chi connectivity index (χ0n) is 22.0. The van der Waals surface area contributed by atoms with Crippen molar-refractivity contribution >= 4 is 46.3 Å². The van der Waals surface area contributed by atoms with Gasteiger partial charge in [-0.3, -0.25) is 4.79 Å². The van der Waals surface area contributed by atoms with Gasteiger partial charge in [-0.05, 0) is 35.7 Å². The Morgan fingerprint density at radius 3 is 2.47 bits per heavy atom. The van der Waals surface area contributed by atoms with Crippen LogP contribution in [-0.2, 0) is 11.3 Å². The number of piperazine rings is 1. The van der Waals surface area contributed by atoms with Crippen LogP contribution >= 0.6 is 22.9 Å². The van der Waals surface area contributed by atoms with Crippen LogP contribution in [0.15, 0.2) is 53.9 Å². The van der Waals surface area contributed by atoms with Crippen LogP contribution in [0.1, 0.15) is 40.8 Å². The molecule has 10 heteroatoms. The zero-order chi connectivity index (χ0) is 27.1.